The fourth-order valence-corrected chi connectivity index (χ4v) is 4.49. The van der Waals surface area contributed by atoms with Crippen molar-refractivity contribution in [3.05, 3.63) is 68.3 Å². The predicted octanol–water partition coefficient (Wildman–Crippen LogP) is 4.02. The third-order valence-electron chi connectivity index (χ3n) is 4.10. The first-order valence-corrected chi connectivity index (χ1v) is 9.65. The number of aromatic nitrogens is 1. The summed E-state index contributed by atoms with van der Waals surface area (Å²) in [6, 6.07) is 11.6. The van der Waals surface area contributed by atoms with Crippen molar-refractivity contribution < 1.29 is 9.90 Å². The van der Waals surface area contributed by atoms with Crippen molar-refractivity contribution in [1.29, 1.82) is 0 Å². The number of carbonyl (C=O) groups is 1. The summed E-state index contributed by atoms with van der Waals surface area (Å²) >= 11 is 3.06. The normalized spacial score (nSPS) is 17.9. The van der Waals surface area contributed by atoms with Gasteiger partial charge < -0.3 is 15.3 Å². The molecule has 1 amide bonds. The molecule has 0 saturated carbocycles. The number of aliphatic hydroxyl groups is 1. The lowest BCUT2D eigenvalue weighted by Gasteiger charge is -2.37. The second-order valence-electron chi connectivity index (χ2n) is 5.88. The van der Waals surface area contributed by atoms with Crippen LogP contribution in [0.3, 0.4) is 0 Å². The highest BCUT2D eigenvalue weighted by Crippen LogP contribution is 2.37. The number of thiazole rings is 1. The molecule has 2 N–H and O–H groups in total. The summed E-state index contributed by atoms with van der Waals surface area (Å²) in [6.45, 7) is 2.23. The van der Waals surface area contributed by atoms with Crippen molar-refractivity contribution in [2.24, 2.45) is 0 Å². The van der Waals surface area contributed by atoms with E-state index in [1.54, 1.807) is 24.5 Å². The molecule has 1 aromatic carbocycles. The molecule has 0 aliphatic carbocycles. The Morgan fingerprint density at radius 1 is 1.32 bits per heavy atom. The largest absolute Gasteiger partial charge is 0.386 e. The third-order valence-corrected chi connectivity index (χ3v) is 6.18. The van der Waals surface area contributed by atoms with Crippen molar-refractivity contribution in [2.75, 3.05) is 5.32 Å². The van der Waals surface area contributed by atoms with Crippen LogP contribution in [0.15, 0.2) is 48.0 Å². The van der Waals surface area contributed by atoms with Gasteiger partial charge in [0.2, 0.25) is 0 Å². The molecule has 3 aromatic rings. The third kappa shape index (κ3) is 3.06. The zero-order chi connectivity index (χ0) is 17.4. The van der Waals surface area contributed by atoms with Crippen molar-refractivity contribution in [3.8, 4) is 0 Å². The van der Waals surface area contributed by atoms with Gasteiger partial charge in [-0.2, -0.15) is 0 Å². The monoisotopic (exact) mass is 371 g/mol. The minimum absolute atomic E-state index is 0.000234. The van der Waals surface area contributed by atoms with Crippen molar-refractivity contribution in [3.63, 3.8) is 0 Å². The summed E-state index contributed by atoms with van der Waals surface area (Å²) in [5.41, 5.74) is 1.50. The molecule has 0 saturated heterocycles. The molecular weight excluding hydrogens is 354 g/mol. The van der Waals surface area contributed by atoms with E-state index in [4.69, 9.17) is 0 Å². The lowest BCUT2D eigenvalue weighted by molar-refractivity contribution is 0.0671. The molecule has 1 aliphatic heterocycles. The number of rotatable bonds is 4. The highest BCUT2D eigenvalue weighted by Gasteiger charge is 2.34. The lowest BCUT2D eigenvalue weighted by Crippen LogP contribution is -2.41. The smallest absolute Gasteiger partial charge is 0.258 e. The van der Waals surface area contributed by atoms with E-state index in [1.807, 2.05) is 46.7 Å². The number of para-hydroxylation sites is 1. The molecule has 0 spiro atoms. The van der Waals surface area contributed by atoms with Crippen LogP contribution in [-0.2, 0) is 6.54 Å². The van der Waals surface area contributed by atoms with Crippen LogP contribution in [0, 0.1) is 0 Å². The minimum atomic E-state index is -0.615. The summed E-state index contributed by atoms with van der Waals surface area (Å²) in [5, 5.41) is 15.9. The first-order chi connectivity index (χ1) is 12.1. The number of nitrogens with zero attached hydrogens (tertiary/aromatic N) is 2. The molecule has 0 bridgehead atoms. The van der Waals surface area contributed by atoms with E-state index < -0.39 is 6.10 Å². The highest BCUT2D eigenvalue weighted by molar-refractivity contribution is 7.11. The molecule has 2 atom stereocenters. The fourth-order valence-electron chi connectivity index (χ4n) is 2.87. The highest BCUT2D eigenvalue weighted by atomic mass is 32.1. The number of amides is 1. The zero-order valence-electron chi connectivity index (χ0n) is 13.5. The number of anilines is 1. The van der Waals surface area contributed by atoms with Crippen LogP contribution < -0.4 is 5.32 Å². The molecule has 128 valence electrons. The van der Waals surface area contributed by atoms with Crippen LogP contribution in [-0.4, -0.2) is 20.9 Å². The van der Waals surface area contributed by atoms with Crippen molar-refractivity contribution in [2.45, 2.75) is 25.7 Å². The van der Waals surface area contributed by atoms with Gasteiger partial charge in [0.15, 0.2) is 0 Å². The molecule has 2 unspecified atom stereocenters. The van der Waals surface area contributed by atoms with Gasteiger partial charge in [-0.3, -0.25) is 4.79 Å². The second kappa shape index (κ2) is 6.59. The van der Waals surface area contributed by atoms with E-state index in [2.05, 4.69) is 10.3 Å². The van der Waals surface area contributed by atoms with Crippen molar-refractivity contribution in [1.82, 2.24) is 9.88 Å². The van der Waals surface area contributed by atoms with Gasteiger partial charge in [-0.15, -0.1) is 22.7 Å². The lowest BCUT2D eigenvalue weighted by atomic mass is 10.1. The number of fused-ring (bicyclic) bond motifs is 1. The SMILES string of the molecule is CC(O)c1ncc(C2Nc3ccccc3C(=O)N2Cc2cccs2)s1. The number of hydrogen-bond donors (Lipinski definition) is 2. The first kappa shape index (κ1) is 16.3. The van der Waals surface area contributed by atoms with Gasteiger partial charge in [0, 0.05) is 16.8 Å². The van der Waals surface area contributed by atoms with Gasteiger partial charge in [-0.05, 0) is 30.5 Å². The number of aliphatic hydroxyl groups excluding tert-OH is 1. The maximum absolute atomic E-state index is 13.1. The van der Waals surface area contributed by atoms with Gasteiger partial charge in [-0.1, -0.05) is 18.2 Å². The topological polar surface area (TPSA) is 65.5 Å². The zero-order valence-corrected chi connectivity index (χ0v) is 15.2. The summed E-state index contributed by atoms with van der Waals surface area (Å²) in [5.74, 6) is -0.000234. The van der Waals surface area contributed by atoms with Crippen LogP contribution in [0.25, 0.3) is 0 Å². The van der Waals surface area contributed by atoms with E-state index >= 15 is 0 Å². The standard InChI is InChI=1S/C18H17N3O2S2/c1-11(22)17-19-9-15(25-17)16-20-14-7-3-2-6-13(14)18(23)21(16)10-12-5-4-8-24-12/h2-9,11,16,20,22H,10H2,1H3. The van der Waals surface area contributed by atoms with E-state index in [1.165, 1.54) is 11.3 Å². The Hall–Kier alpha value is -2.22. The van der Waals surface area contributed by atoms with Crippen LogP contribution >= 0.6 is 22.7 Å². The number of hydrogen-bond acceptors (Lipinski definition) is 6. The number of thiophene rings is 1. The van der Waals surface area contributed by atoms with E-state index in [0.717, 1.165) is 15.4 Å². The van der Waals surface area contributed by atoms with E-state index in [-0.39, 0.29) is 12.1 Å². The Morgan fingerprint density at radius 2 is 2.16 bits per heavy atom. The van der Waals surface area contributed by atoms with Crippen LogP contribution in [0.5, 0.6) is 0 Å². The number of benzene rings is 1. The Kier molecular flexibility index (Phi) is 4.29. The maximum atomic E-state index is 13.1. The van der Waals surface area contributed by atoms with Crippen LogP contribution in [0.2, 0.25) is 0 Å². The van der Waals surface area contributed by atoms with Gasteiger partial charge >= 0.3 is 0 Å². The molecule has 4 rings (SSSR count). The number of carbonyl (C=O) groups excluding carboxylic acids is 1. The molecule has 7 heteroatoms. The maximum Gasteiger partial charge on any atom is 0.258 e. The molecule has 3 heterocycles. The van der Waals surface area contributed by atoms with Crippen LogP contribution in [0.1, 0.15) is 44.3 Å². The van der Waals surface area contributed by atoms with Gasteiger partial charge in [-0.25, -0.2) is 4.98 Å². The van der Waals surface area contributed by atoms with Crippen LogP contribution in [0.4, 0.5) is 5.69 Å². The van der Waals surface area contributed by atoms with E-state index in [0.29, 0.717) is 17.1 Å². The Labute approximate surface area is 153 Å². The van der Waals surface area contributed by atoms with E-state index in [9.17, 15) is 9.90 Å². The van der Waals surface area contributed by atoms with Gasteiger partial charge in [0.05, 0.1) is 17.0 Å². The Balaban J connectivity index is 1.74. The molecular formula is C18H17N3O2S2. The fraction of sp³-hybridized carbons (Fsp3) is 0.222. The first-order valence-electron chi connectivity index (χ1n) is 7.96. The molecule has 1 aliphatic rings. The molecule has 2 aromatic heterocycles. The molecule has 5 nitrogen and oxygen atoms in total. The average Bonchev–Trinajstić information content (AvgIpc) is 3.29. The Bertz CT molecular complexity index is 889. The summed E-state index contributed by atoms with van der Waals surface area (Å²) in [7, 11) is 0. The quantitative estimate of drug-likeness (QED) is 0.727. The summed E-state index contributed by atoms with van der Waals surface area (Å²) in [4.78, 5) is 21.3. The molecule has 0 radical (unpaired) electrons. The van der Waals surface area contributed by atoms with Crippen molar-refractivity contribution >= 4 is 34.3 Å². The minimum Gasteiger partial charge on any atom is -0.386 e. The molecule has 0 fully saturated rings. The Morgan fingerprint density at radius 3 is 2.88 bits per heavy atom. The van der Waals surface area contributed by atoms with Gasteiger partial charge in [0.1, 0.15) is 17.3 Å². The summed E-state index contributed by atoms with van der Waals surface area (Å²) < 4.78 is 0. The molecule has 25 heavy (non-hydrogen) atoms. The number of nitrogens with one attached hydrogen (secondary N) is 1. The average molecular weight is 371 g/mol. The summed E-state index contributed by atoms with van der Waals surface area (Å²) in [6.07, 6.45) is 0.832. The van der Waals surface area contributed by atoms with Gasteiger partial charge in [0.25, 0.3) is 5.91 Å². The predicted molar refractivity (Wildman–Crippen MR) is 99.7 cm³/mol. The second-order valence-corrected chi connectivity index (χ2v) is 8.01.